The zero-order valence-corrected chi connectivity index (χ0v) is 13.7. The highest BCUT2D eigenvalue weighted by Gasteiger charge is 2.32. The lowest BCUT2D eigenvalue weighted by molar-refractivity contribution is -0.132. The minimum Gasteiger partial charge on any atom is -0.411 e. The molecule has 1 aromatic rings. The van der Waals surface area contributed by atoms with Crippen molar-refractivity contribution in [3.05, 3.63) is 16.0 Å². The third kappa shape index (κ3) is 3.55. The van der Waals surface area contributed by atoms with E-state index in [1.54, 1.807) is 11.8 Å². The fourth-order valence-electron chi connectivity index (χ4n) is 2.59. The molecule has 0 aliphatic carbocycles. The van der Waals surface area contributed by atoms with Crippen molar-refractivity contribution in [3.8, 4) is 0 Å². The normalized spacial score (nSPS) is 17.0. The van der Waals surface area contributed by atoms with Crippen LogP contribution in [-0.4, -0.2) is 41.8 Å². The van der Waals surface area contributed by atoms with E-state index >= 15 is 0 Å². The number of anilines is 1. The maximum Gasteiger partial charge on any atom is 0.390 e. The summed E-state index contributed by atoms with van der Waals surface area (Å²) in [5, 5.41) is 13.1. The molecule has 1 N–H and O–H groups in total. The van der Waals surface area contributed by atoms with Gasteiger partial charge in [0.05, 0.1) is 28.7 Å². The summed E-state index contributed by atoms with van der Waals surface area (Å²) in [4.78, 5) is 4.72. The minimum absolute atomic E-state index is 0.0539. The molecule has 2 heterocycles. The Hall–Kier alpha value is -1.28. The van der Waals surface area contributed by atoms with Crippen molar-refractivity contribution in [3.63, 3.8) is 0 Å². The Bertz CT molecular complexity index is 568. The smallest absolute Gasteiger partial charge is 0.390 e. The van der Waals surface area contributed by atoms with Gasteiger partial charge < -0.3 is 10.1 Å². The average molecular weight is 335 g/mol. The van der Waals surface area contributed by atoms with Crippen molar-refractivity contribution in [1.29, 1.82) is 0 Å². The summed E-state index contributed by atoms with van der Waals surface area (Å²) in [5.41, 5.74) is 2.53. The molecule has 0 unspecified atom stereocenters. The second-order valence-electron chi connectivity index (χ2n) is 5.44. The first kappa shape index (κ1) is 17.1. The van der Waals surface area contributed by atoms with E-state index < -0.39 is 12.6 Å². The Morgan fingerprint density at radius 2 is 2.09 bits per heavy atom. The summed E-state index contributed by atoms with van der Waals surface area (Å²) in [7, 11) is 0. The molecule has 1 aliphatic rings. The summed E-state index contributed by atoms with van der Waals surface area (Å²) in [6.07, 6.45) is -4.99. The van der Waals surface area contributed by atoms with Crippen LogP contribution in [0.5, 0.6) is 0 Å². The molecule has 0 spiro atoms. The molecule has 4 nitrogen and oxygen atoms in total. The van der Waals surface area contributed by atoms with Crippen molar-refractivity contribution < 1.29 is 18.4 Å². The van der Waals surface area contributed by atoms with E-state index in [0.717, 1.165) is 34.1 Å². The Morgan fingerprint density at radius 1 is 1.41 bits per heavy atom. The Labute approximate surface area is 131 Å². The molecule has 0 radical (unpaired) electrons. The predicted molar refractivity (Wildman–Crippen MR) is 82.0 cm³/mol. The highest BCUT2D eigenvalue weighted by atomic mass is 32.1. The molecular weight excluding hydrogens is 315 g/mol. The van der Waals surface area contributed by atoms with Gasteiger partial charge in [-0.3, -0.25) is 4.90 Å². The van der Waals surface area contributed by atoms with Gasteiger partial charge in [-0.1, -0.05) is 12.1 Å². The molecule has 0 amide bonds. The number of alkyl halides is 3. The Morgan fingerprint density at radius 3 is 2.64 bits per heavy atom. The SMILES string of the molecule is CCN1Cc2c(sc(C(C)=NO)c2C)N(CCC(F)(F)F)C1. The van der Waals surface area contributed by atoms with Gasteiger partial charge in [0.15, 0.2) is 0 Å². The van der Waals surface area contributed by atoms with E-state index in [1.807, 2.05) is 13.8 Å². The topological polar surface area (TPSA) is 39.1 Å². The fourth-order valence-corrected chi connectivity index (χ4v) is 3.87. The minimum atomic E-state index is -4.16. The van der Waals surface area contributed by atoms with Crippen molar-refractivity contribution in [1.82, 2.24) is 4.90 Å². The van der Waals surface area contributed by atoms with Crippen LogP contribution in [0.3, 0.4) is 0 Å². The largest absolute Gasteiger partial charge is 0.411 e. The average Bonchev–Trinajstić information content (AvgIpc) is 2.80. The molecule has 22 heavy (non-hydrogen) atoms. The van der Waals surface area contributed by atoms with Gasteiger partial charge in [-0.25, -0.2) is 0 Å². The lowest BCUT2D eigenvalue weighted by Gasteiger charge is -2.36. The lowest BCUT2D eigenvalue weighted by atomic mass is 10.1. The van der Waals surface area contributed by atoms with Crippen molar-refractivity contribution in [2.24, 2.45) is 5.16 Å². The van der Waals surface area contributed by atoms with Gasteiger partial charge in [-0.2, -0.15) is 13.2 Å². The monoisotopic (exact) mass is 335 g/mol. The second-order valence-corrected chi connectivity index (χ2v) is 6.44. The molecule has 1 aliphatic heterocycles. The third-order valence-electron chi connectivity index (χ3n) is 3.88. The Kier molecular flexibility index (Phi) is 5.01. The van der Waals surface area contributed by atoms with Crippen LogP contribution in [0.25, 0.3) is 0 Å². The van der Waals surface area contributed by atoms with E-state index in [0.29, 0.717) is 12.4 Å². The van der Waals surface area contributed by atoms with Gasteiger partial charge in [0.25, 0.3) is 0 Å². The van der Waals surface area contributed by atoms with Gasteiger partial charge in [-0.05, 0) is 26.0 Å². The molecule has 0 atom stereocenters. The summed E-state index contributed by atoms with van der Waals surface area (Å²) in [6, 6.07) is 0. The molecule has 2 rings (SSSR count). The van der Waals surface area contributed by atoms with Crippen molar-refractivity contribution >= 4 is 22.0 Å². The van der Waals surface area contributed by atoms with Gasteiger partial charge in [-0.15, -0.1) is 11.3 Å². The maximum absolute atomic E-state index is 12.5. The van der Waals surface area contributed by atoms with E-state index in [1.165, 1.54) is 11.3 Å². The van der Waals surface area contributed by atoms with Crippen LogP contribution in [0.2, 0.25) is 0 Å². The zero-order chi connectivity index (χ0) is 16.5. The van der Waals surface area contributed by atoms with Crippen LogP contribution in [0.4, 0.5) is 18.2 Å². The molecule has 0 saturated carbocycles. The number of rotatable bonds is 4. The van der Waals surface area contributed by atoms with E-state index in [-0.39, 0.29) is 6.54 Å². The molecule has 8 heteroatoms. The van der Waals surface area contributed by atoms with E-state index in [4.69, 9.17) is 5.21 Å². The summed E-state index contributed by atoms with van der Waals surface area (Å²) >= 11 is 1.41. The first-order valence-electron chi connectivity index (χ1n) is 7.12. The van der Waals surface area contributed by atoms with E-state index in [2.05, 4.69) is 10.1 Å². The quantitative estimate of drug-likeness (QED) is 0.517. The number of halogens is 3. The number of nitrogens with zero attached hydrogens (tertiary/aromatic N) is 3. The number of fused-ring (bicyclic) bond motifs is 1. The molecule has 0 fully saturated rings. The van der Waals surface area contributed by atoms with Crippen molar-refractivity contribution in [2.75, 3.05) is 24.7 Å². The van der Waals surface area contributed by atoms with Gasteiger partial charge in [0.2, 0.25) is 0 Å². The maximum atomic E-state index is 12.5. The van der Waals surface area contributed by atoms with Crippen molar-refractivity contribution in [2.45, 2.75) is 39.9 Å². The highest BCUT2D eigenvalue weighted by Crippen LogP contribution is 2.40. The molecule has 0 aromatic carbocycles. The van der Waals surface area contributed by atoms with Gasteiger partial charge in [0.1, 0.15) is 0 Å². The summed E-state index contributed by atoms with van der Waals surface area (Å²) in [5.74, 6) is 0. The third-order valence-corrected chi connectivity index (χ3v) is 5.38. The van der Waals surface area contributed by atoms with Crippen LogP contribution in [0.15, 0.2) is 5.16 Å². The van der Waals surface area contributed by atoms with Crippen LogP contribution in [0, 0.1) is 6.92 Å². The van der Waals surface area contributed by atoms with Crippen LogP contribution >= 0.6 is 11.3 Å². The Balaban J connectivity index is 2.34. The van der Waals surface area contributed by atoms with Crippen LogP contribution < -0.4 is 4.90 Å². The second kappa shape index (κ2) is 6.45. The lowest BCUT2D eigenvalue weighted by Crippen LogP contribution is -2.43. The molecular formula is C14H20F3N3OS. The first-order chi connectivity index (χ1) is 10.3. The zero-order valence-electron chi connectivity index (χ0n) is 12.9. The molecule has 1 aromatic heterocycles. The highest BCUT2D eigenvalue weighted by molar-refractivity contribution is 7.18. The summed E-state index contributed by atoms with van der Waals surface area (Å²) < 4.78 is 37.6. The van der Waals surface area contributed by atoms with Crippen LogP contribution in [0.1, 0.15) is 36.3 Å². The van der Waals surface area contributed by atoms with Gasteiger partial charge >= 0.3 is 6.18 Å². The predicted octanol–water partition coefficient (Wildman–Crippen LogP) is 3.81. The summed E-state index contributed by atoms with van der Waals surface area (Å²) in [6.45, 7) is 7.56. The molecule has 0 saturated heterocycles. The van der Waals surface area contributed by atoms with Gasteiger partial charge in [0, 0.05) is 18.7 Å². The number of hydrogen-bond acceptors (Lipinski definition) is 5. The number of oxime groups is 1. The number of hydrogen-bond donors (Lipinski definition) is 1. The fraction of sp³-hybridized carbons (Fsp3) is 0.643. The van der Waals surface area contributed by atoms with Crippen LogP contribution in [-0.2, 0) is 6.54 Å². The molecule has 124 valence electrons. The first-order valence-corrected chi connectivity index (χ1v) is 7.93. The molecule has 0 bridgehead atoms. The number of thiophene rings is 1. The standard InChI is InChI=1S/C14H20F3N3OS/c1-4-19-7-11-9(2)12(10(3)18-21)22-13(11)20(8-19)6-5-14(15,16)17/h21H,4-8H2,1-3H3. The van der Waals surface area contributed by atoms with E-state index in [9.17, 15) is 13.2 Å².